The Labute approximate surface area is 140 Å². The van der Waals surface area contributed by atoms with E-state index in [0.29, 0.717) is 37.3 Å². The van der Waals surface area contributed by atoms with Crippen LogP contribution in [0.25, 0.3) is 0 Å². The maximum atomic E-state index is 12.1. The van der Waals surface area contributed by atoms with Gasteiger partial charge in [-0.15, -0.1) is 0 Å². The standard InChI is InChI=1S/C16H19N3O4S/c1-23-12-5-3-4-11(8-12)9-19-7-6-13-14(10-19)17-16(18-15(13)20)24(2,21)22/h3-5,8H,6-7,9-10H2,1-2H3,(H,17,18,20). The fourth-order valence-electron chi connectivity index (χ4n) is 2.81. The largest absolute Gasteiger partial charge is 0.497 e. The number of aromatic amines is 1. The third-order valence-corrected chi connectivity index (χ3v) is 4.92. The Morgan fingerprint density at radius 1 is 1.38 bits per heavy atom. The lowest BCUT2D eigenvalue weighted by molar-refractivity contribution is 0.239. The molecule has 1 aliphatic heterocycles. The van der Waals surface area contributed by atoms with Crippen LogP contribution >= 0.6 is 0 Å². The van der Waals surface area contributed by atoms with E-state index in [4.69, 9.17) is 4.74 Å². The third kappa shape index (κ3) is 3.49. The Morgan fingerprint density at radius 3 is 2.88 bits per heavy atom. The van der Waals surface area contributed by atoms with Crippen LogP contribution in [0.2, 0.25) is 0 Å². The molecule has 24 heavy (non-hydrogen) atoms. The molecular weight excluding hydrogens is 330 g/mol. The van der Waals surface area contributed by atoms with Crippen LogP contribution in [0.15, 0.2) is 34.2 Å². The number of nitrogens with one attached hydrogen (secondary N) is 1. The molecule has 0 radical (unpaired) electrons. The van der Waals surface area contributed by atoms with Crippen molar-refractivity contribution in [3.8, 4) is 5.75 Å². The Morgan fingerprint density at radius 2 is 2.17 bits per heavy atom. The van der Waals surface area contributed by atoms with Gasteiger partial charge in [-0.25, -0.2) is 13.4 Å². The van der Waals surface area contributed by atoms with Crippen LogP contribution in [0.3, 0.4) is 0 Å². The molecule has 0 bridgehead atoms. The first kappa shape index (κ1) is 16.7. The first-order valence-electron chi connectivity index (χ1n) is 7.54. The molecular formula is C16H19N3O4S. The van der Waals surface area contributed by atoms with Crippen molar-refractivity contribution in [1.82, 2.24) is 14.9 Å². The van der Waals surface area contributed by atoms with Crippen LogP contribution in [0, 0.1) is 0 Å². The molecule has 7 nitrogen and oxygen atoms in total. The number of aromatic nitrogens is 2. The van der Waals surface area contributed by atoms with Gasteiger partial charge < -0.3 is 4.74 Å². The maximum absolute atomic E-state index is 12.1. The van der Waals surface area contributed by atoms with E-state index in [1.54, 1.807) is 7.11 Å². The average Bonchev–Trinajstić information content (AvgIpc) is 2.54. The van der Waals surface area contributed by atoms with Gasteiger partial charge in [-0.05, 0) is 24.1 Å². The van der Waals surface area contributed by atoms with Gasteiger partial charge in [-0.3, -0.25) is 14.7 Å². The van der Waals surface area contributed by atoms with Crippen molar-refractivity contribution >= 4 is 9.84 Å². The van der Waals surface area contributed by atoms with Crippen molar-refractivity contribution in [1.29, 1.82) is 0 Å². The molecule has 0 spiro atoms. The Hall–Kier alpha value is -2.19. The van der Waals surface area contributed by atoms with Gasteiger partial charge in [0.05, 0.1) is 12.8 Å². The summed E-state index contributed by atoms with van der Waals surface area (Å²) in [6.07, 6.45) is 1.58. The van der Waals surface area contributed by atoms with E-state index in [1.807, 2.05) is 24.3 Å². The lowest BCUT2D eigenvalue weighted by Gasteiger charge is -2.27. The summed E-state index contributed by atoms with van der Waals surface area (Å²) in [4.78, 5) is 20.7. The average molecular weight is 349 g/mol. The van der Waals surface area contributed by atoms with Crippen molar-refractivity contribution < 1.29 is 13.2 Å². The van der Waals surface area contributed by atoms with Gasteiger partial charge in [0.1, 0.15) is 5.75 Å². The molecule has 1 aromatic carbocycles. The first-order valence-corrected chi connectivity index (χ1v) is 9.43. The predicted molar refractivity (Wildman–Crippen MR) is 88.8 cm³/mol. The maximum Gasteiger partial charge on any atom is 0.255 e. The summed E-state index contributed by atoms with van der Waals surface area (Å²) in [6, 6.07) is 7.78. The molecule has 1 N–H and O–H groups in total. The minimum Gasteiger partial charge on any atom is -0.497 e. The van der Waals surface area contributed by atoms with E-state index < -0.39 is 9.84 Å². The number of nitrogens with zero attached hydrogens (tertiary/aromatic N) is 2. The number of rotatable bonds is 4. The highest BCUT2D eigenvalue weighted by Crippen LogP contribution is 2.19. The second-order valence-electron chi connectivity index (χ2n) is 5.88. The van der Waals surface area contributed by atoms with Crippen molar-refractivity contribution in [3.63, 3.8) is 0 Å². The number of hydrogen-bond donors (Lipinski definition) is 1. The molecule has 0 amide bonds. The summed E-state index contributed by atoms with van der Waals surface area (Å²) in [7, 11) is -1.92. The van der Waals surface area contributed by atoms with Crippen molar-refractivity contribution in [3.05, 3.63) is 51.4 Å². The van der Waals surface area contributed by atoms with Crippen LogP contribution in [-0.2, 0) is 29.3 Å². The van der Waals surface area contributed by atoms with Gasteiger partial charge in [0.15, 0.2) is 0 Å². The molecule has 0 fully saturated rings. The summed E-state index contributed by atoms with van der Waals surface area (Å²) < 4.78 is 28.5. The van der Waals surface area contributed by atoms with E-state index in [9.17, 15) is 13.2 Å². The topological polar surface area (TPSA) is 92.4 Å². The summed E-state index contributed by atoms with van der Waals surface area (Å²) in [5.74, 6) is 0.791. The number of fused-ring (bicyclic) bond motifs is 1. The van der Waals surface area contributed by atoms with E-state index in [1.165, 1.54) is 0 Å². The molecule has 3 rings (SSSR count). The highest BCUT2D eigenvalue weighted by molar-refractivity contribution is 7.90. The molecule has 128 valence electrons. The van der Waals surface area contributed by atoms with Gasteiger partial charge in [0.2, 0.25) is 15.0 Å². The Balaban J connectivity index is 1.85. The monoisotopic (exact) mass is 349 g/mol. The lowest BCUT2D eigenvalue weighted by atomic mass is 10.1. The number of methoxy groups -OCH3 is 1. The molecule has 8 heteroatoms. The van der Waals surface area contributed by atoms with Crippen molar-refractivity contribution in [2.75, 3.05) is 19.9 Å². The summed E-state index contributed by atoms with van der Waals surface area (Å²) in [6.45, 7) is 1.84. The quantitative estimate of drug-likeness (QED) is 0.819. The van der Waals surface area contributed by atoms with Gasteiger partial charge in [0, 0.05) is 31.5 Å². The fourth-order valence-corrected chi connectivity index (χ4v) is 3.36. The van der Waals surface area contributed by atoms with Crippen LogP contribution < -0.4 is 10.3 Å². The number of sulfone groups is 1. The third-order valence-electron chi connectivity index (χ3n) is 4.02. The zero-order chi connectivity index (χ0) is 17.3. The van der Waals surface area contributed by atoms with Gasteiger partial charge in [0.25, 0.3) is 5.56 Å². The SMILES string of the molecule is COc1cccc(CN2CCc3c(nc(S(C)(=O)=O)[nH]c3=O)C2)c1. The second kappa shape index (κ2) is 6.37. The Bertz CT molecular complexity index is 921. The van der Waals surface area contributed by atoms with Gasteiger partial charge in [-0.2, -0.15) is 0 Å². The smallest absolute Gasteiger partial charge is 0.255 e. The van der Waals surface area contributed by atoms with Crippen LogP contribution in [0.1, 0.15) is 16.8 Å². The molecule has 0 saturated heterocycles. The fraction of sp³-hybridized carbons (Fsp3) is 0.375. The number of benzene rings is 1. The van der Waals surface area contributed by atoms with Gasteiger partial charge in [-0.1, -0.05) is 12.1 Å². The normalized spacial score (nSPS) is 15.1. The molecule has 1 aliphatic rings. The molecule has 2 heterocycles. The minimum absolute atomic E-state index is 0.269. The van der Waals surface area contributed by atoms with Crippen molar-refractivity contribution in [2.45, 2.75) is 24.7 Å². The van der Waals surface area contributed by atoms with E-state index in [2.05, 4.69) is 14.9 Å². The van der Waals surface area contributed by atoms with Crippen LogP contribution in [0.4, 0.5) is 0 Å². The van der Waals surface area contributed by atoms with E-state index in [-0.39, 0.29) is 10.7 Å². The number of H-pyrrole nitrogens is 1. The van der Waals surface area contributed by atoms with Crippen LogP contribution in [0.5, 0.6) is 5.75 Å². The van der Waals surface area contributed by atoms with Crippen molar-refractivity contribution in [2.24, 2.45) is 0 Å². The molecule has 0 atom stereocenters. The molecule has 0 aliphatic carbocycles. The summed E-state index contributed by atoms with van der Waals surface area (Å²) >= 11 is 0. The highest BCUT2D eigenvalue weighted by atomic mass is 32.2. The molecule has 0 unspecified atom stereocenters. The number of ether oxygens (including phenoxy) is 1. The summed E-state index contributed by atoms with van der Waals surface area (Å²) in [5.41, 5.74) is 1.84. The summed E-state index contributed by atoms with van der Waals surface area (Å²) in [5, 5.41) is -0.269. The van der Waals surface area contributed by atoms with Crippen LogP contribution in [-0.4, -0.2) is 43.2 Å². The van der Waals surface area contributed by atoms with E-state index in [0.717, 1.165) is 17.6 Å². The predicted octanol–water partition coefficient (Wildman–Crippen LogP) is 0.740. The van der Waals surface area contributed by atoms with E-state index >= 15 is 0 Å². The first-order chi connectivity index (χ1) is 11.4. The lowest BCUT2D eigenvalue weighted by Crippen LogP contribution is -2.35. The zero-order valence-electron chi connectivity index (χ0n) is 13.6. The molecule has 2 aromatic rings. The Kier molecular flexibility index (Phi) is 4.42. The highest BCUT2D eigenvalue weighted by Gasteiger charge is 2.23. The zero-order valence-corrected chi connectivity index (χ0v) is 14.4. The molecule has 0 saturated carbocycles. The second-order valence-corrected chi connectivity index (χ2v) is 7.81. The number of hydrogen-bond acceptors (Lipinski definition) is 6. The minimum atomic E-state index is -3.55. The molecule has 1 aromatic heterocycles. The van der Waals surface area contributed by atoms with Gasteiger partial charge >= 0.3 is 0 Å².